The Hall–Kier alpha value is -2.80. The number of amides is 2. The van der Waals surface area contributed by atoms with E-state index in [4.69, 9.17) is 0 Å². The number of pyridine rings is 1. The van der Waals surface area contributed by atoms with Crippen molar-refractivity contribution in [1.29, 1.82) is 0 Å². The number of carbonyl (C=O) groups is 2. The molecule has 0 aliphatic carbocycles. The van der Waals surface area contributed by atoms with Crippen molar-refractivity contribution in [2.24, 2.45) is 0 Å². The minimum atomic E-state index is -0.258. The summed E-state index contributed by atoms with van der Waals surface area (Å²) in [4.78, 5) is 32.3. The van der Waals surface area contributed by atoms with E-state index in [2.05, 4.69) is 20.6 Å². The lowest BCUT2D eigenvalue weighted by molar-refractivity contribution is 0.0925. The third-order valence-electron chi connectivity index (χ3n) is 3.35. The maximum Gasteiger partial charge on any atom is 0.269 e. The number of thiazole rings is 1. The third kappa shape index (κ3) is 3.75. The van der Waals surface area contributed by atoms with Crippen molar-refractivity contribution in [3.8, 4) is 0 Å². The highest BCUT2D eigenvalue weighted by Gasteiger charge is 2.09. The van der Waals surface area contributed by atoms with Gasteiger partial charge in [0.15, 0.2) is 0 Å². The molecule has 0 spiro atoms. The van der Waals surface area contributed by atoms with Crippen LogP contribution in [0.15, 0.2) is 42.6 Å². The molecule has 6 nitrogen and oxygen atoms in total. The van der Waals surface area contributed by atoms with Crippen LogP contribution in [0.4, 0.5) is 0 Å². The van der Waals surface area contributed by atoms with E-state index in [-0.39, 0.29) is 11.8 Å². The molecule has 1 aromatic carbocycles. The summed E-state index contributed by atoms with van der Waals surface area (Å²) >= 11 is 1.56. The molecule has 0 unspecified atom stereocenters. The Morgan fingerprint density at radius 3 is 2.62 bits per heavy atom. The Bertz CT molecular complexity index is 877. The van der Waals surface area contributed by atoms with E-state index in [0.29, 0.717) is 24.3 Å². The van der Waals surface area contributed by atoms with Crippen molar-refractivity contribution in [3.05, 3.63) is 58.9 Å². The Labute approximate surface area is 142 Å². The van der Waals surface area contributed by atoms with E-state index in [0.717, 1.165) is 15.2 Å². The molecule has 24 heavy (non-hydrogen) atoms. The molecule has 0 saturated carbocycles. The molecule has 3 rings (SSSR count). The van der Waals surface area contributed by atoms with Gasteiger partial charge in [0.2, 0.25) is 0 Å². The average Bonchev–Trinajstić information content (AvgIpc) is 2.98. The first-order valence-electron chi connectivity index (χ1n) is 7.48. The molecule has 0 saturated heterocycles. The van der Waals surface area contributed by atoms with E-state index >= 15 is 0 Å². The van der Waals surface area contributed by atoms with Crippen LogP contribution in [0.5, 0.6) is 0 Å². The van der Waals surface area contributed by atoms with Gasteiger partial charge in [0, 0.05) is 24.8 Å². The normalized spacial score (nSPS) is 10.5. The number of hydrogen-bond acceptors (Lipinski definition) is 5. The molecule has 2 heterocycles. The maximum absolute atomic E-state index is 12.2. The van der Waals surface area contributed by atoms with Crippen molar-refractivity contribution < 1.29 is 9.59 Å². The lowest BCUT2D eigenvalue weighted by atomic mass is 10.2. The van der Waals surface area contributed by atoms with Crippen molar-refractivity contribution in [2.75, 3.05) is 13.1 Å². The van der Waals surface area contributed by atoms with Gasteiger partial charge < -0.3 is 10.6 Å². The number of hydrogen-bond donors (Lipinski definition) is 2. The number of carbonyl (C=O) groups excluding carboxylic acids is 2. The second-order valence-corrected chi connectivity index (χ2v) is 6.38. The van der Waals surface area contributed by atoms with Gasteiger partial charge in [0.1, 0.15) is 5.69 Å². The molecule has 0 bridgehead atoms. The summed E-state index contributed by atoms with van der Waals surface area (Å²) < 4.78 is 0.989. The number of nitrogens with zero attached hydrogens (tertiary/aromatic N) is 2. The molecular weight excluding hydrogens is 324 g/mol. The zero-order valence-corrected chi connectivity index (χ0v) is 13.9. The van der Waals surface area contributed by atoms with Crippen LogP contribution >= 0.6 is 11.3 Å². The Balaban J connectivity index is 1.50. The predicted molar refractivity (Wildman–Crippen MR) is 93.3 cm³/mol. The van der Waals surface area contributed by atoms with Gasteiger partial charge in [0.05, 0.1) is 15.2 Å². The summed E-state index contributed by atoms with van der Waals surface area (Å²) in [5.41, 5.74) is 1.84. The van der Waals surface area contributed by atoms with E-state index in [1.165, 1.54) is 0 Å². The molecule has 3 aromatic rings. The van der Waals surface area contributed by atoms with Crippen LogP contribution in [0.3, 0.4) is 0 Å². The van der Waals surface area contributed by atoms with Crippen LogP contribution in [0, 0.1) is 6.92 Å². The Morgan fingerprint density at radius 2 is 1.88 bits per heavy atom. The summed E-state index contributed by atoms with van der Waals surface area (Å²) in [6.07, 6.45) is 1.56. The molecule has 122 valence electrons. The van der Waals surface area contributed by atoms with Gasteiger partial charge in [-0.05, 0) is 37.3 Å². The Kier molecular flexibility index (Phi) is 4.81. The van der Waals surface area contributed by atoms with Crippen molar-refractivity contribution in [1.82, 2.24) is 20.6 Å². The van der Waals surface area contributed by atoms with Crippen molar-refractivity contribution >= 4 is 33.4 Å². The quantitative estimate of drug-likeness (QED) is 0.697. The molecular formula is C17H16N4O2S. The average molecular weight is 340 g/mol. The fraction of sp³-hybridized carbons (Fsp3) is 0.176. The fourth-order valence-electron chi connectivity index (χ4n) is 2.22. The van der Waals surface area contributed by atoms with Crippen LogP contribution in [-0.2, 0) is 0 Å². The largest absolute Gasteiger partial charge is 0.350 e. The van der Waals surface area contributed by atoms with Crippen LogP contribution in [-0.4, -0.2) is 34.9 Å². The summed E-state index contributed by atoms with van der Waals surface area (Å²) in [5.74, 6) is -0.429. The second-order valence-electron chi connectivity index (χ2n) is 5.14. The predicted octanol–water partition coefficient (Wildman–Crippen LogP) is 2.16. The van der Waals surface area contributed by atoms with Gasteiger partial charge >= 0.3 is 0 Å². The van der Waals surface area contributed by atoms with Gasteiger partial charge in [-0.3, -0.25) is 14.6 Å². The van der Waals surface area contributed by atoms with Gasteiger partial charge in [-0.15, -0.1) is 11.3 Å². The molecule has 0 radical (unpaired) electrons. The number of nitrogens with one attached hydrogen (secondary N) is 2. The van der Waals surface area contributed by atoms with Gasteiger partial charge in [-0.25, -0.2) is 4.98 Å². The van der Waals surface area contributed by atoms with Crippen LogP contribution in [0.2, 0.25) is 0 Å². The van der Waals surface area contributed by atoms with E-state index in [1.54, 1.807) is 41.8 Å². The summed E-state index contributed by atoms with van der Waals surface area (Å²) in [6, 6.07) is 10.6. The highest BCUT2D eigenvalue weighted by molar-refractivity contribution is 7.18. The maximum atomic E-state index is 12.2. The first kappa shape index (κ1) is 16.1. The molecule has 0 aliphatic heterocycles. The highest BCUT2D eigenvalue weighted by Crippen LogP contribution is 2.22. The second kappa shape index (κ2) is 7.18. The molecule has 0 aliphatic rings. The first-order chi connectivity index (χ1) is 11.6. The lowest BCUT2D eigenvalue weighted by Crippen LogP contribution is -2.34. The summed E-state index contributed by atoms with van der Waals surface area (Å²) in [7, 11) is 0. The number of fused-ring (bicyclic) bond motifs is 1. The summed E-state index contributed by atoms with van der Waals surface area (Å²) in [6.45, 7) is 2.62. The van der Waals surface area contributed by atoms with Gasteiger partial charge in [-0.2, -0.15) is 0 Å². The number of benzene rings is 1. The van der Waals surface area contributed by atoms with E-state index in [1.807, 2.05) is 19.1 Å². The molecule has 2 aromatic heterocycles. The zero-order valence-electron chi connectivity index (χ0n) is 13.1. The molecule has 2 amide bonds. The SMILES string of the molecule is Cc1nc2ccc(C(=O)NCCNC(=O)c3ccccn3)cc2s1. The van der Waals surface area contributed by atoms with E-state index < -0.39 is 0 Å². The Morgan fingerprint density at radius 1 is 1.08 bits per heavy atom. The minimum Gasteiger partial charge on any atom is -0.350 e. The molecule has 7 heteroatoms. The molecule has 2 N–H and O–H groups in total. The number of aryl methyl sites for hydroxylation is 1. The van der Waals surface area contributed by atoms with Gasteiger partial charge in [-0.1, -0.05) is 6.07 Å². The monoisotopic (exact) mass is 340 g/mol. The van der Waals surface area contributed by atoms with Crippen LogP contribution < -0.4 is 10.6 Å². The fourth-order valence-corrected chi connectivity index (χ4v) is 3.09. The first-order valence-corrected chi connectivity index (χ1v) is 8.30. The van der Waals surface area contributed by atoms with Crippen LogP contribution in [0.25, 0.3) is 10.2 Å². The van der Waals surface area contributed by atoms with Crippen molar-refractivity contribution in [3.63, 3.8) is 0 Å². The minimum absolute atomic E-state index is 0.171. The van der Waals surface area contributed by atoms with E-state index in [9.17, 15) is 9.59 Å². The summed E-state index contributed by atoms with van der Waals surface area (Å²) in [5, 5.41) is 6.47. The zero-order chi connectivity index (χ0) is 16.9. The molecule has 0 fully saturated rings. The lowest BCUT2D eigenvalue weighted by Gasteiger charge is -2.07. The van der Waals surface area contributed by atoms with Gasteiger partial charge in [0.25, 0.3) is 11.8 Å². The smallest absolute Gasteiger partial charge is 0.269 e. The van der Waals surface area contributed by atoms with Crippen LogP contribution in [0.1, 0.15) is 25.9 Å². The third-order valence-corrected chi connectivity index (χ3v) is 4.28. The molecule has 0 atom stereocenters. The topological polar surface area (TPSA) is 84.0 Å². The van der Waals surface area contributed by atoms with Crippen molar-refractivity contribution in [2.45, 2.75) is 6.92 Å². The highest BCUT2D eigenvalue weighted by atomic mass is 32.1. The standard InChI is InChI=1S/C17H16N4O2S/c1-11-21-13-6-5-12(10-15(13)24-11)16(22)19-8-9-20-17(23)14-4-2-3-7-18-14/h2-7,10H,8-9H2,1H3,(H,19,22)(H,20,23). The number of rotatable bonds is 5. The number of aromatic nitrogens is 2.